The standard InChI is InChI=1S/C29H39N3O7S/c1-20(2)17-32(40(34,35)23-12-10-22(36-4)11-13-23)18-26(30-3)25(16-21-8-6-5-7-9-21)31-29(33)39-27-19-38-28-24(27)14-15-37-28/h5-13,20,24-25,27-28H,14-19H2,1-4H3,(H,31,33)/b30-26-/t24-,25-,27-,28+/m0/s1. The number of nitrogens with zero attached hydrogens (tertiary/aromatic N) is 2. The quantitative estimate of drug-likeness (QED) is 0.387. The van der Waals surface area contributed by atoms with Crippen molar-refractivity contribution in [2.45, 2.75) is 50.0 Å². The molecule has 2 heterocycles. The van der Waals surface area contributed by atoms with Crippen molar-refractivity contribution in [1.82, 2.24) is 9.62 Å². The summed E-state index contributed by atoms with van der Waals surface area (Å²) in [5, 5.41) is 2.96. The number of ether oxygens (including phenoxy) is 4. The number of benzene rings is 2. The number of hydrogen-bond donors (Lipinski definition) is 1. The predicted octanol–water partition coefficient (Wildman–Crippen LogP) is 3.51. The van der Waals surface area contributed by atoms with Gasteiger partial charge in [0, 0.05) is 19.3 Å². The van der Waals surface area contributed by atoms with Crippen LogP contribution >= 0.6 is 0 Å². The number of fused-ring (bicyclic) bond motifs is 1. The largest absolute Gasteiger partial charge is 0.497 e. The van der Waals surface area contributed by atoms with Gasteiger partial charge in [-0.25, -0.2) is 13.2 Å². The zero-order chi connectivity index (χ0) is 28.7. The Balaban J connectivity index is 1.56. The van der Waals surface area contributed by atoms with Crippen LogP contribution in [0.1, 0.15) is 25.8 Å². The third-order valence-electron chi connectivity index (χ3n) is 7.11. The van der Waals surface area contributed by atoms with Gasteiger partial charge >= 0.3 is 6.09 Å². The molecule has 4 atom stereocenters. The lowest BCUT2D eigenvalue weighted by molar-refractivity contribution is -0.0907. The zero-order valence-electron chi connectivity index (χ0n) is 23.5. The topological polar surface area (TPSA) is 116 Å². The van der Waals surface area contributed by atoms with Crippen molar-refractivity contribution in [3.05, 3.63) is 60.2 Å². The van der Waals surface area contributed by atoms with E-state index in [1.165, 1.54) is 23.5 Å². The van der Waals surface area contributed by atoms with Gasteiger partial charge in [0.25, 0.3) is 0 Å². The van der Waals surface area contributed by atoms with Crippen molar-refractivity contribution in [2.24, 2.45) is 16.8 Å². The molecule has 0 aromatic heterocycles. The summed E-state index contributed by atoms with van der Waals surface area (Å²) in [7, 11) is -0.726. The Morgan fingerprint density at radius 3 is 2.50 bits per heavy atom. The van der Waals surface area contributed by atoms with Crippen LogP contribution in [0.2, 0.25) is 0 Å². The van der Waals surface area contributed by atoms with Crippen LogP contribution in [-0.2, 0) is 30.7 Å². The van der Waals surface area contributed by atoms with Crippen molar-refractivity contribution in [2.75, 3.05) is 40.5 Å². The number of hydrogen-bond acceptors (Lipinski definition) is 8. The van der Waals surface area contributed by atoms with E-state index >= 15 is 0 Å². The van der Waals surface area contributed by atoms with Gasteiger partial charge in [-0.1, -0.05) is 44.2 Å². The van der Waals surface area contributed by atoms with E-state index in [1.54, 1.807) is 19.2 Å². The fraction of sp³-hybridized carbons (Fsp3) is 0.517. The van der Waals surface area contributed by atoms with Gasteiger partial charge in [0.15, 0.2) is 6.29 Å². The molecular weight excluding hydrogens is 534 g/mol. The molecule has 0 spiro atoms. The molecule has 0 bridgehead atoms. The van der Waals surface area contributed by atoms with Crippen LogP contribution in [-0.4, -0.2) is 83.4 Å². The summed E-state index contributed by atoms with van der Waals surface area (Å²) < 4.78 is 51.0. The third kappa shape index (κ3) is 7.39. The van der Waals surface area contributed by atoms with Crippen LogP contribution in [0, 0.1) is 11.8 Å². The van der Waals surface area contributed by atoms with Gasteiger partial charge in [-0.15, -0.1) is 0 Å². The van der Waals surface area contributed by atoms with Gasteiger partial charge in [0.1, 0.15) is 11.9 Å². The van der Waals surface area contributed by atoms with Gasteiger partial charge in [-0.05, 0) is 48.6 Å². The summed E-state index contributed by atoms with van der Waals surface area (Å²) in [4.78, 5) is 17.8. The van der Waals surface area contributed by atoms with Crippen LogP contribution in [0.25, 0.3) is 0 Å². The maximum absolute atomic E-state index is 13.8. The Hall–Kier alpha value is -2.99. The monoisotopic (exact) mass is 573 g/mol. The van der Waals surface area contributed by atoms with Gasteiger partial charge in [-0.3, -0.25) is 4.99 Å². The summed E-state index contributed by atoms with van der Waals surface area (Å²) in [5.74, 6) is 0.633. The first-order chi connectivity index (χ1) is 19.2. The number of carbonyl (C=O) groups is 1. The van der Waals surface area contributed by atoms with E-state index in [-0.39, 0.29) is 42.7 Å². The second kappa shape index (κ2) is 13.6. The van der Waals surface area contributed by atoms with Gasteiger partial charge in [-0.2, -0.15) is 4.31 Å². The van der Waals surface area contributed by atoms with Crippen LogP contribution in [0.3, 0.4) is 0 Å². The van der Waals surface area contributed by atoms with Gasteiger partial charge < -0.3 is 24.3 Å². The minimum absolute atomic E-state index is 0.00585. The smallest absolute Gasteiger partial charge is 0.408 e. The number of methoxy groups -OCH3 is 1. The highest BCUT2D eigenvalue weighted by Crippen LogP contribution is 2.33. The molecular formula is C29H39N3O7S. The van der Waals surface area contributed by atoms with E-state index in [0.29, 0.717) is 24.5 Å². The molecule has 2 fully saturated rings. The number of sulfonamides is 1. The Morgan fingerprint density at radius 2 is 1.85 bits per heavy atom. The normalized spacial score (nSPS) is 21.9. The summed E-state index contributed by atoms with van der Waals surface area (Å²) in [5.41, 5.74) is 1.49. The highest BCUT2D eigenvalue weighted by molar-refractivity contribution is 7.89. The Kier molecular flexibility index (Phi) is 10.2. The molecule has 2 aromatic rings. The second-order valence-electron chi connectivity index (χ2n) is 10.4. The maximum Gasteiger partial charge on any atom is 0.408 e. The molecule has 0 saturated carbocycles. The van der Waals surface area contributed by atoms with Gasteiger partial charge in [0.2, 0.25) is 10.0 Å². The maximum atomic E-state index is 13.8. The van der Waals surface area contributed by atoms with Crippen LogP contribution in [0.5, 0.6) is 5.75 Å². The summed E-state index contributed by atoms with van der Waals surface area (Å²) in [6.07, 6.45) is -0.155. The summed E-state index contributed by atoms with van der Waals surface area (Å²) >= 11 is 0. The third-order valence-corrected chi connectivity index (χ3v) is 8.94. The minimum Gasteiger partial charge on any atom is -0.497 e. The molecule has 1 amide bonds. The lowest BCUT2D eigenvalue weighted by atomic mass is 10.0. The molecule has 2 saturated heterocycles. The Bertz CT molecular complexity index is 1250. The number of amides is 1. The number of alkyl carbamates (subject to hydrolysis) is 1. The van der Waals surface area contributed by atoms with Crippen molar-refractivity contribution in [1.29, 1.82) is 0 Å². The average molecular weight is 574 g/mol. The zero-order valence-corrected chi connectivity index (χ0v) is 24.3. The second-order valence-corrected chi connectivity index (χ2v) is 12.4. The van der Waals surface area contributed by atoms with E-state index in [0.717, 1.165) is 12.0 Å². The minimum atomic E-state index is -3.87. The SMILES string of the molecule is C/N=C(/CN(CC(C)C)S(=O)(=O)c1ccc(OC)cc1)[C@H](Cc1ccccc1)NC(=O)O[C@H]1CO[C@H]2OCC[C@H]21. The molecule has 1 N–H and O–H groups in total. The first-order valence-corrected chi connectivity index (χ1v) is 15.0. The number of aliphatic imine (C=N–C) groups is 1. The van der Waals surface area contributed by atoms with E-state index in [2.05, 4.69) is 10.3 Å². The summed E-state index contributed by atoms with van der Waals surface area (Å²) in [6, 6.07) is 15.4. The van der Waals surface area contributed by atoms with E-state index in [1.807, 2.05) is 44.2 Å². The Morgan fingerprint density at radius 1 is 1.12 bits per heavy atom. The fourth-order valence-corrected chi connectivity index (χ4v) is 6.61. The van der Waals surface area contributed by atoms with E-state index in [4.69, 9.17) is 18.9 Å². The lowest BCUT2D eigenvalue weighted by Gasteiger charge is -2.28. The molecule has 2 aliphatic heterocycles. The molecule has 4 rings (SSSR count). The van der Waals surface area contributed by atoms with Gasteiger partial charge in [0.05, 0.1) is 43.7 Å². The van der Waals surface area contributed by atoms with Crippen LogP contribution < -0.4 is 10.1 Å². The summed E-state index contributed by atoms with van der Waals surface area (Å²) in [6.45, 7) is 5.06. The Labute approximate surface area is 236 Å². The highest BCUT2D eigenvalue weighted by Gasteiger charge is 2.44. The first-order valence-electron chi connectivity index (χ1n) is 13.5. The fourth-order valence-electron chi connectivity index (χ4n) is 5.03. The molecule has 10 nitrogen and oxygen atoms in total. The van der Waals surface area contributed by atoms with Crippen LogP contribution in [0.15, 0.2) is 64.5 Å². The van der Waals surface area contributed by atoms with Crippen molar-refractivity contribution in [3.63, 3.8) is 0 Å². The number of carbonyl (C=O) groups excluding carboxylic acids is 1. The van der Waals surface area contributed by atoms with Crippen molar-refractivity contribution in [3.8, 4) is 5.75 Å². The lowest BCUT2D eigenvalue weighted by Crippen LogP contribution is -2.49. The molecule has 0 aliphatic carbocycles. The number of nitrogens with one attached hydrogen (secondary N) is 1. The number of rotatable bonds is 12. The molecule has 0 radical (unpaired) electrons. The van der Waals surface area contributed by atoms with E-state index in [9.17, 15) is 13.2 Å². The molecule has 0 unspecified atom stereocenters. The van der Waals surface area contributed by atoms with E-state index < -0.39 is 28.3 Å². The molecule has 2 aliphatic rings. The first kappa shape index (κ1) is 30.0. The molecule has 218 valence electrons. The van der Waals surface area contributed by atoms with Crippen molar-refractivity contribution >= 4 is 21.8 Å². The predicted molar refractivity (Wildman–Crippen MR) is 151 cm³/mol. The molecule has 11 heteroatoms. The highest BCUT2D eigenvalue weighted by atomic mass is 32.2. The average Bonchev–Trinajstić information content (AvgIpc) is 3.56. The van der Waals surface area contributed by atoms with Crippen molar-refractivity contribution < 1.29 is 32.2 Å². The molecule has 2 aromatic carbocycles. The van der Waals surface area contributed by atoms with Crippen LogP contribution in [0.4, 0.5) is 4.79 Å². The molecule has 40 heavy (non-hydrogen) atoms.